The van der Waals surface area contributed by atoms with Crippen LogP contribution in [0.25, 0.3) is 0 Å². The van der Waals surface area contributed by atoms with Crippen molar-refractivity contribution in [2.45, 2.75) is 38.3 Å². The molecule has 2 aliphatic rings. The smallest absolute Gasteiger partial charge is 0.227 e. The van der Waals surface area contributed by atoms with Gasteiger partial charge in [-0.25, -0.2) is 4.98 Å². The van der Waals surface area contributed by atoms with Crippen LogP contribution in [0.1, 0.15) is 30.5 Å². The molecule has 3 rings (SSSR count). The van der Waals surface area contributed by atoms with Crippen molar-refractivity contribution < 1.29 is 0 Å². The first-order valence-corrected chi connectivity index (χ1v) is 8.37. The summed E-state index contributed by atoms with van der Waals surface area (Å²) in [5.74, 6) is 1.83. The fourth-order valence-corrected chi connectivity index (χ4v) is 3.39. The lowest BCUT2D eigenvalue weighted by Crippen LogP contribution is -2.29. The van der Waals surface area contributed by atoms with Crippen LogP contribution in [0.4, 0.5) is 11.8 Å². The molecule has 0 spiro atoms. The summed E-state index contributed by atoms with van der Waals surface area (Å²) in [6.07, 6.45) is 4.85. The van der Waals surface area contributed by atoms with E-state index in [1.807, 2.05) is 19.0 Å². The van der Waals surface area contributed by atoms with Crippen molar-refractivity contribution in [2.75, 3.05) is 51.0 Å². The Kier molecular flexibility index (Phi) is 4.78. The van der Waals surface area contributed by atoms with Gasteiger partial charge in [-0.3, -0.25) is 0 Å². The second-order valence-electron chi connectivity index (χ2n) is 6.61. The molecule has 1 saturated heterocycles. The van der Waals surface area contributed by atoms with E-state index in [0.29, 0.717) is 0 Å². The largest absolute Gasteiger partial charge is 0.370 e. The maximum absolute atomic E-state index is 4.73. The quantitative estimate of drug-likeness (QED) is 0.849. The number of hydrogen-bond donors (Lipinski definition) is 2. The highest BCUT2D eigenvalue weighted by molar-refractivity contribution is 5.52. The summed E-state index contributed by atoms with van der Waals surface area (Å²) in [6, 6.07) is 0.722. The number of nitrogens with one attached hydrogen (secondary N) is 2. The highest BCUT2D eigenvalue weighted by atomic mass is 15.2. The van der Waals surface area contributed by atoms with Crippen LogP contribution in [0.3, 0.4) is 0 Å². The molecular formula is C16H28N6. The highest BCUT2D eigenvalue weighted by Gasteiger charge is 2.21. The molecule has 6 nitrogen and oxygen atoms in total. The second kappa shape index (κ2) is 6.79. The predicted molar refractivity (Wildman–Crippen MR) is 90.5 cm³/mol. The van der Waals surface area contributed by atoms with Crippen LogP contribution in [0, 0.1) is 0 Å². The Morgan fingerprint density at radius 1 is 1.36 bits per heavy atom. The molecule has 22 heavy (non-hydrogen) atoms. The van der Waals surface area contributed by atoms with Gasteiger partial charge in [0.15, 0.2) is 0 Å². The van der Waals surface area contributed by atoms with E-state index in [1.165, 1.54) is 31.4 Å². The minimum absolute atomic E-state index is 0.722. The van der Waals surface area contributed by atoms with Crippen LogP contribution in [0.15, 0.2) is 0 Å². The zero-order chi connectivity index (χ0) is 15.5. The highest BCUT2D eigenvalue weighted by Crippen LogP contribution is 2.23. The lowest BCUT2D eigenvalue weighted by Gasteiger charge is -2.23. The van der Waals surface area contributed by atoms with Crippen molar-refractivity contribution in [3.63, 3.8) is 0 Å². The van der Waals surface area contributed by atoms with Gasteiger partial charge in [0.05, 0.1) is 5.69 Å². The number of likely N-dealkylation sites (tertiary alicyclic amines) is 1. The van der Waals surface area contributed by atoms with Gasteiger partial charge in [-0.1, -0.05) is 0 Å². The van der Waals surface area contributed by atoms with E-state index >= 15 is 0 Å². The summed E-state index contributed by atoms with van der Waals surface area (Å²) in [5, 5.41) is 6.98. The third kappa shape index (κ3) is 3.33. The first kappa shape index (κ1) is 15.5. The van der Waals surface area contributed by atoms with Crippen molar-refractivity contribution in [1.29, 1.82) is 0 Å². The first-order chi connectivity index (χ1) is 10.6. The molecule has 1 atom stereocenters. The maximum atomic E-state index is 4.73. The topological polar surface area (TPSA) is 56.3 Å². The van der Waals surface area contributed by atoms with Crippen molar-refractivity contribution in [3.8, 4) is 0 Å². The van der Waals surface area contributed by atoms with Crippen molar-refractivity contribution >= 4 is 11.8 Å². The Balaban J connectivity index is 1.70. The molecule has 0 amide bonds. The van der Waals surface area contributed by atoms with Crippen molar-refractivity contribution in [1.82, 2.24) is 20.2 Å². The van der Waals surface area contributed by atoms with Gasteiger partial charge in [0.25, 0.3) is 0 Å². The molecule has 3 heterocycles. The van der Waals surface area contributed by atoms with E-state index in [9.17, 15) is 0 Å². The predicted octanol–water partition coefficient (Wildman–Crippen LogP) is 1.08. The fourth-order valence-electron chi connectivity index (χ4n) is 3.39. The standard InChI is InChI=1S/C16H28N6/c1-21(2)16-19-14-11-17-8-7-13(14)15(20-16)18-9-6-12-5-4-10-22(12)3/h12,17H,4-11H2,1-3H3,(H,18,19,20). The number of rotatable bonds is 5. The Morgan fingerprint density at radius 2 is 2.23 bits per heavy atom. The van der Waals surface area contributed by atoms with Crippen LogP contribution >= 0.6 is 0 Å². The molecule has 1 aromatic heterocycles. The fraction of sp³-hybridized carbons (Fsp3) is 0.750. The van der Waals surface area contributed by atoms with Crippen LogP contribution in [0.5, 0.6) is 0 Å². The average Bonchev–Trinajstić information content (AvgIpc) is 2.92. The second-order valence-corrected chi connectivity index (χ2v) is 6.61. The molecule has 122 valence electrons. The summed E-state index contributed by atoms with van der Waals surface area (Å²) in [7, 11) is 6.23. The van der Waals surface area contributed by atoms with E-state index in [4.69, 9.17) is 4.98 Å². The van der Waals surface area contributed by atoms with Gasteiger partial charge in [0.1, 0.15) is 5.82 Å². The number of hydrogen-bond acceptors (Lipinski definition) is 6. The van der Waals surface area contributed by atoms with Gasteiger partial charge < -0.3 is 20.4 Å². The maximum Gasteiger partial charge on any atom is 0.227 e. The lowest BCUT2D eigenvalue weighted by atomic mass is 10.1. The van der Waals surface area contributed by atoms with E-state index < -0.39 is 0 Å². The lowest BCUT2D eigenvalue weighted by molar-refractivity contribution is 0.301. The average molecular weight is 304 g/mol. The van der Waals surface area contributed by atoms with Gasteiger partial charge >= 0.3 is 0 Å². The summed E-state index contributed by atoms with van der Waals surface area (Å²) >= 11 is 0. The Morgan fingerprint density at radius 3 is 2.95 bits per heavy atom. The third-order valence-electron chi connectivity index (χ3n) is 4.77. The van der Waals surface area contributed by atoms with E-state index in [2.05, 4.69) is 27.6 Å². The van der Waals surface area contributed by atoms with Gasteiger partial charge in [0.2, 0.25) is 5.95 Å². The molecule has 1 unspecified atom stereocenters. The first-order valence-electron chi connectivity index (χ1n) is 8.37. The molecular weight excluding hydrogens is 276 g/mol. The number of nitrogens with zero attached hydrogens (tertiary/aromatic N) is 4. The summed E-state index contributed by atoms with van der Waals surface area (Å²) < 4.78 is 0. The monoisotopic (exact) mass is 304 g/mol. The zero-order valence-corrected chi connectivity index (χ0v) is 14.0. The summed E-state index contributed by atoms with van der Waals surface area (Å²) in [4.78, 5) is 13.9. The molecule has 2 aliphatic heterocycles. The molecule has 1 fully saturated rings. The number of fused-ring (bicyclic) bond motifs is 1. The molecule has 0 bridgehead atoms. The zero-order valence-electron chi connectivity index (χ0n) is 14.0. The van der Waals surface area contributed by atoms with E-state index in [0.717, 1.165) is 49.6 Å². The summed E-state index contributed by atoms with van der Waals surface area (Å²) in [5.41, 5.74) is 2.44. The van der Waals surface area contributed by atoms with Gasteiger partial charge in [-0.15, -0.1) is 0 Å². The van der Waals surface area contributed by atoms with Gasteiger partial charge in [-0.2, -0.15) is 4.98 Å². The Hall–Kier alpha value is -1.40. The molecule has 6 heteroatoms. The normalized spacial score (nSPS) is 21.7. The van der Waals surface area contributed by atoms with Crippen LogP contribution in [-0.4, -0.2) is 61.7 Å². The molecule has 0 aromatic carbocycles. The Bertz CT molecular complexity index is 516. The molecule has 0 aliphatic carbocycles. The van der Waals surface area contributed by atoms with E-state index in [1.54, 1.807) is 0 Å². The number of anilines is 2. The molecule has 1 aromatic rings. The molecule has 0 radical (unpaired) electrons. The SMILES string of the molecule is CN(C)c1nc2c(c(NCCC3CCCN3C)n1)CCNC2. The molecule has 2 N–H and O–H groups in total. The van der Waals surface area contributed by atoms with Crippen molar-refractivity contribution in [2.24, 2.45) is 0 Å². The Labute approximate surface area is 133 Å². The number of aromatic nitrogens is 2. The van der Waals surface area contributed by atoms with Gasteiger partial charge in [0, 0.05) is 38.8 Å². The van der Waals surface area contributed by atoms with Crippen LogP contribution in [0.2, 0.25) is 0 Å². The molecule has 0 saturated carbocycles. The minimum Gasteiger partial charge on any atom is -0.370 e. The summed E-state index contributed by atoms with van der Waals surface area (Å²) in [6.45, 7) is 4.08. The van der Waals surface area contributed by atoms with Gasteiger partial charge in [-0.05, 0) is 45.8 Å². The van der Waals surface area contributed by atoms with E-state index in [-0.39, 0.29) is 0 Å². The third-order valence-corrected chi connectivity index (χ3v) is 4.77. The van der Waals surface area contributed by atoms with Crippen LogP contribution in [-0.2, 0) is 13.0 Å². The minimum atomic E-state index is 0.722. The van der Waals surface area contributed by atoms with Crippen LogP contribution < -0.4 is 15.5 Å². The van der Waals surface area contributed by atoms with Crippen molar-refractivity contribution in [3.05, 3.63) is 11.3 Å².